The van der Waals surface area contributed by atoms with E-state index in [1.54, 1.807) is 18.2 Å². The molecule has 0 aliphatic heterocycles. The van der Waals surface area contributed by atoms with Crippen molar-refractivity contribution in [2.24, 2.45) is 0 Å². The summed E-state index contributed by atoms with van der Waals surface area (Å²) in [7, 11) is 0. The van der Waals surface area contributed by atoms with Crippen LogP contribution in [-0.4, -0.2) is 16.1 Å². The molecule has 0 saturated carbocycles. The smallest absolute Gasteiger partial charge is 0.336 e. The number of hydrogen-bond donors (Lipinski definition) is 1. The molecular formula is C20H18ClNO2. The summed E-state index contributed by atoms with van der Waals surface area (Å²) in [6, 6.07) is 14.7. The maximum absolute atomic E-state index is 11.8. The van der Waals surface area contributed by atoms with E-state index in [0.29, 0.717) is 27.5 Å². The zero-order valence-electron chi connectivity index (χ0n) is 13.6. The van der Waals surface area contributed by atoms with Crippen LogP contribution in [0, 0.1) is 0 Å². The Balaban J connectivity index is 2.21. The van der Waals surface area contributed by atoms with Gasteiger partial charge in [-0.2, -0.15) is 0 Å². The lowest BCUT2D eigenvalue weighted by Gasteiger charge is -2.12. The molecule has 1 heterocycles. The first-order valence-corrected chi connectivity index (χ1v) is 8.31. The second-order valence-electron chi connectivity index (χ2n) is 5.95. The minimum absolute atomic E-state index is 0.273. The minimum Gasteiger partial charge on any atom is -0.478 e. The molecule has 0 aliphatic rings. The summed E-state index contributed by atoms with van der Waals surface area (Å²) >= 11 is 5.92. The van der Waals surface area contributed by atoms with E-state index in [1.807, 2.05) is 30.3 Å². The molecule has 0 spiro atoms. The van der Waals surface area contributed by atoms with E-state index in [9.17, 15) is 9.90 Å². The molecule has 0 radical (unpaired) electrons. The number of aromatic carboxylic acids is 1. The molecule has 0 fully saturated rings. The number of pyridine rings is 1. The highest BCUT2D eigenvalue weighted by Gasteiger charge is 2.14. The van der Waals surface area contributed by atoms with E-state index in [-0.39, 0.29) is 5.56 Å². The Hall–Kier alpha value is -2.39. The largest absolute Gasteiger partial charge is 0.478 e. The van der Waals surface area contributed by atoms with Gasteiger partial charge in [0.1, 0.15) is 0 Å². The van der Waals surface area contributed by atoms with Gasteiger partial charge in [0, 0.05) is 16.0 Å². The van der Waals surface area contributed by atoms with Crippen LogP contribution in [0.3, 0.4) is 0 Å². The average Bonchev–Trinajstić information content (AvgIpc) is 2.60. The monoisotopic (exact) mass is 339 g/mol. The van der Waals surface area contributed by atoms with E-state index in [0.717, 1.165) is 17.5 Å². The molecule has 3 rings (SSSR count). The summed E-state index contributed by atoms with van der Waals surface area (Å²) in [6.45, 7) is 4.26. The number of nitrogens with zero attached hydrogens (tertiary/aromatic N) is 1. The van der Waals surface area contributed by atoms with Gasteiger partial charge in [-0.3, -0.25) is 0 Å². The molecular weight excluding hydrogens is 322 g/mol. The highest BCUT2D eigenvalue weighted by Crippen LogP contribution is 2.29. The van der Waals surface area contributed by atoms with Crippen molar-refractivity contribution in [1.29, 1.82) is 0 Å². The quantitative estimate of drug-likeness (QED) is 0.656. The number of rotatable bonds is 4. The summed E-state index contributed by atoms with van der Waals surface area (Å²) in [5.74, 6) is -0.564. The molecule has 24 heavy (non-hydrogen) atoms. The molecule has 4 heteroatoms. The number of carbonyl (C=O) groups is 1. The zero-order valence-corrected chi connectivity index (χ0v) is 14.3. The normalized spacial score (nSPS) is 12.3. The van der Waals surface area contributed by atoms with Gasteiger partial charge in [-0.25, -0.2) is 9.78 Å². The van der Waals surface area contributed by atoms with E-state index in [4.69, 9.17) is 11.6 Å². The highest BCUT2D eigenvalue weighted by molar-refractivity contribution is 6.30. The van der Waals surface area contributed by atoms with E-state index in [1.165, 1.54) is 0 Å². The van der Waals surface area contributed by atoms with Crippen molar-refractivity contribution in [2.45, 2.75) is 26.2 Å². The molecule has 1 aromatic heterocycles. The Morgan fingerprint density at radius 1 is 1.17 bits per heavy atom. The first-order valence-electron chi connectivity index (χ1n) is 7.93. The molecule has 1 atom stereocenters. The number of carboxylic acid groups (broad SMARTS) is 1. The zero-order chi connectivity index (χ0) is 17.3. The van der Waals surface area contributed by atoms with Crippen LogP contribution in [-0.2, 0) is 0 Å². The lowest BCUT2D eigenvalue weighted by molar-refractivity contribution is 0.0699. The Morgan fingerprint density at radius 3 is 2.50 bits per heavy atom. The lowest BCUT2D eigenvalue weighted by atomic mass is 9.95. The second-order valence-corrected chi connectivity index (χ2v) is 6.39. The van der Waals surface area contributed by atoms with E-state index < -0.39 is 5.97 Å². The molecule has 0 amide bonds. The SMILES string of the molecule is CCC(C)c1ccc2nc(-c3ccc(Cl)cc3)cc(C(=O)O)c2c1. The number of halogens is 1. The summed E-state index contributed by atoms with van der Waals surface area (Å²) < 4.78 is 0. The average molecular weight is 340 g/mol. The van der Waals surface area contributed by atoms with Crippen LogP contribution in [0.1, 0.15) is 42.1 Å². The van der Waals surface area contributed by atoms with Gasteiger partial charge in [-0.15, -0.1) is 0 Å². The summed E-state index contributed by atoms with van der Waals surface area (Å²) in [5, 5.41) is 11.0. The van der Waals surface area contributed by atoms with Crippen LogP contribution in [0.2, 0.25) is 5.02 Å². The van der Waals surface area contributed by atoms with E-state index in [2.05, 4.69) is 18.8 Å². The van der Waals surface area contributed by atoms with Crippen molar-refractivity contribution >= 4 is 28.5 Å². The van der Waals surface area contributed by atoms with Crippen molar-refractivity contribution in [1.82, 2.24) is 4.98 Å². The third kappa shape index (κ3) is 3.13. The topological polar surface area (TPSA) is 50.2 Å². The Morgan fingerprint density at radius 2 is 1.88 bits per heavy atom. The standard InChI is InChI=1S/C20H18ClNO2/c1-3-12(2)14-6-9-18-16(10-14)17(20(23)24)11-19(22-18)13-4-7-15(21)8-5-13/h4-12H,3H2,1-2H3,(H,23,24). The molecule has 1 unspecified atom stereocenters. The van der Waals surface area contributed by atoms with E-state index >= 15 is 0 Å². The third-order valence-corrected chi connectivity index (χ3v) is 4.64. The maximum atomic E-state index is 11.8. The third-order valence-electron chi connectivity index (χ3n) is 4.38. The Labute approximate surface area is 145 Å². The van der Waals surface area contributed by atoms with Gasteiger partial charge < -0.3 is 5.11 Å². The van der Waals surface area contributed by atoms with Gasteiger partial charge in [-0.05, 0) is 48.2 Å². The Bertz CT molecular complexity index is 903. The number of hydrogen-bond acceptors (Lipinski definition) is 2. The van der Waals surface area contributed by atoms with Crippen molar-refractivity contribution in [3.63, 3.8) is 0 Å². The van der Waals surface area contributed by atoms with Crippen LogP contribution in [0.5, 0.6) is 0 Å². The van der Waals surface area contributed by atoms with Crippen molar-refractivity contribution < 1.29 is 9.90 Å². The molecule has 1 N–H and O–H groups in total. The predicted molar refractivity (Wildman–Crippen MR) is 97.9 cm³/mol. The van der Waals surface area contributed by atoms with Crippen molar-refractivity contribution in [2.75, 3.05) is 0 Å². The molecule has 122 valence electrons. The second kappa shape index (κ2) is 6.62. The maximum Gasteiger partial charge on any atom is 0.336 e. The van der Waals surface area contributed by atoms with Gasteiger partial charge in [-0.1, -0.05) is 43.6 Å². The molecule has 0 saturated heterocycles. The number of benzene rings is 2. The molecule has 0 bridgehead atoms. The number of carboxylic acids is 1. The van der Waals surface area contributed by atoms with Crippen LogP contribution in [0.25, 0.3) is 22.2 Å². The molecule has 2 aromatic carbocycles. The van der Waals surface area contributed by atoms with Gasteiger partial charge in [0.15, 0.2) is 0 Å². The minimum atomic E-state index is -0.945. The molecule has 3 aromatic rings. The highest BCUT2D eigenvalue weighted by atomic mass is 35.5. The van der Waals surface area contributed by atoms with Gasteiger partial charge in [0.25, 0.3) is 0 Å². The predicted octanol–water partition coefficient (Wildman–Crippen LogP) is 5.77. The molecule has 0 aliphatic carbocycles. The fraction of sp³-hybridized carbons (Fsp3) is 0.200. The number of fused-ring (bicyclic) bond motifs is 1. The number of aromatic nitrogens is 1. The lowest BCUT2D eigenvalue weighted by Crippen LogP contribution is -2.01. The van der Waals surface area contributed by atoms with Crippen LogP contribution >= 0.6 is 11.6 Å². The van der Waals surface area contributed by atoms with Crippen LogP contribution in [0.4, 0.5) is 0 Å². The van der Waals surface area contributed by atoms with Crippen molar-refractivity contribution in [3.05, 3.63) is 64.7 Å². The van der Waals surface area contributed by atoms with Crippen molar-refractivity contribution in [3.8, 4) is 11.3 Å². The summed E-state index contributed by atoms with van der Waals surface area (Å²) in [6.07, 6.45) is 1.00. The first kappa shape index (κ1) is 16.5. The van der Waals surface area contributed by atoms with Crippen LogP contribution in [0.15, 0.2) is 48.5 Å². The summed E-state index contributed by atoms with van der Waals surface area (Å²) in [4.78, 5) is 16.4. The van der Waals surface area contributed by atoms with Crippen LogP contribution < -0.4 is 0 Å². The fourth-order valence-corrected chi connectivity index (χ4v) is 2.86. The first-order chi connectivity index (χ1) is 11.5. The summed E-state index contributed by atoms with van der Waals surface area (Å²) in [5.41, 5.74) is 3.57. The van der Waals surface area contributed by atoms with Gasteiger partial charge >= 0.3 is 5.97 Å². The van der Waals surface area contributed by atoms with Gasteiger partial charge in [0.2, 0.25) is 0 Å². The van der Waals surface area contributed by atoms with Gasteiger partial charge in [0.05, 0.1) is 16.8 Å². The fourth-order valence-electron chi connectivity index (χ4n) is 2.73. The molecule has 3 nitrogen and oxygen atoms in total. The Kier molecular flexibility index (Phi) is 4.54.